The van der Waals surface area contributed by atoms with Crippen molar-refractivity contribution in [3.05, 3.63) is 76.7 Å². The summed E-state index contributed by atoms with van der Waals surface area (Å²) >= 11 is 1.36. The maximum absolute atomic E-state index is 12.7. The van der Waals surface area contributed by atoms with Crippen molar-refractivity contribution in [1.82, 2.24) is 20.0 Å². The number of anilines is 1. The van der Waals surface area contributed by atoms with Gasteiger partial charge in [0.1, 0.15) is 5.01 Å². The molecule has 0 unspecified atom stereocenters. The summed E-state index contributed by atoms with van der Waals surface area (Å²) in [4.78, 5) is 16.4. The molecule has 0 saturated heterocycles. The zero-order chi connectivity index (χ0) is 21.3. The van der Waals surface area contributed by atoms with Gasteiger partial charge in [-0.3, -0.25) is 15.1 Å². The molecule has 0 aliphatic rings. The first-order valence-corrected chi connectivity index (χ1v) is 10.0. The van der Waals surface area contributed by atoms with Gasteiger partial charge >= 0.3 is 0 Å². The summed E-state index contributed by atoms with van der Waals surface area (Å²) in [7, 11) is 0. The summed E-state index contributed by atoms with van der Waals surface area (Å²) in [5, 5.41) is 16.4. The van der Waals surface area contributed by atoms with Crippen LogP contribution in [0, 0.1) is 11.8 Å². The number of hydrogen-bond donors (Lipinski definition) is 1. The molecule has 2 heterocycles. The third-order valence-electron chi connectivity index (χ3n) is 3.93. The number of nitrogens with zero attached hydrogens (tertiary/aromatic N) is 5. The Morgan fingerprint density at radius 3 is 2.97 bits per heavy atom. The molecule has 1 N–H and O–H groups in total. The molecule has 30 heavy (non-hydrogen) atoms. The molecule has 1 amide bonds. The molecular formula is C22H20N6OS. The van der Waals surface area contributed by atoms with Crippen molar-refractivity contribution in [2.24, 2.45) is 4.99 Å². The predicted molar refractivity (Wildman–Crippen MR) is 120 cm³/mol. The maximum Gasteiger partial charge on any atom is 0.257 e. The van der Waals surface area contributed by atoms with Gasteiger partial charge in [0.25, 0.3) is 5.91 Å². The minimum absolute atomic E-state index is 0.267. The van der Waals surface area contributed by atoms with Crippen LogP contribution in [0.3, 0.4) is 0 Å². The van der Waals surface area contributed by atoms with Gasteiger partial charge in [0, 0.05) is 24.2 Å². The van der Waals surface area contributed by atoms with Crippen molar-refractivity contribution >= 4 is 29.1 Å². The molecule has 0 radical (unpaired) electrons. The second-order valence-electron chi connectivity index (χ2n) is 6.11. The quantitative estimate of drug-likeness (QED) is 0.373. The van der Waals surface area contributed by atoms with E-state index in [0.717, 1.165) is 22.7 Å². The van der Waals surface area contributed by atoms with E-state index in [0.29, 0.717) is 16.3 Å². The van der Waals surface area contributed by atoms with Crippen LogP contribution in [-0.4, -0.2) is 32.6 Å². The van der Waals surface area contributed by atoms with E-state index >= 15 is 0 Å². The van der Waals surface area contributed by atoms with Gasteiger partial charge in [-0.1, -0.05) is 30.1 Å². The molecule has 0 aliphatic heterocycles. The summed E-state index contributed by atoms with van der Waals surface area (Å²) in [5.74, 6) is 5.96. The van der Waals surface area contributed by atoms with Gasteiger partial charge in [-0.05, 0) is 62.1 Å². The normalized spacial score (nSPS) is 11.2. The molecule has 0 bridgehead atoms. The average Bonchev–Trinajstić information content (AvgIpc) is 3.44. The molecule has 3 rings (SSSR count). The molecule has 0 aliphatic carbocycles. The van der Waals surface area contributed by atoms with E-state index < -0.39 is 0 Å². The number of benzene rings is 1. The smallest absolute Gasteiger partial charge is 0.257 e. The highest BCUT2D eigenvalue weighted by atomic mass is 32.1. The Kier molecular flexibility index (Phi) is 7.03. The highest BCUT2D eigenvalue weighted by Gasteiger charge is 2.13. The Morgan fingerprint density at radius 1 is 1.40 bits per heavy atom. The fraction of sp³-hybridized carbons (Fsp3) is 0.136. The van der Waals surface area contributed by atoms with Crippen molar-refractivity contribution in [1.29, 1.82) is 0 Å². The van der Waals surface area contributed by atoms with Crippen LogP contribution < -0.4 is 5.32 Å². The first kappa shape index (κ1) is 20.9. The summed E-state index contributed by atoms with van der Waals surface area (Å²) in [6.07, 6.45) is 9.49. The lowest BCUT2D eigenvalue weighted by atomic mass is 10.1. The largest absolute Gasteiger partial charge is 0.296 e. The molecule has 8 heteroatoms. The monoisotopic (exact) mass is 416 g/mol. The van der Waals surface area contributed by atoms with Crippen molar-refractivity contribution < 1.29 is 4.79 Å². The first-order chi connectivity index (χ1) is 14.6. The Bertz CT molecular complexity index is 1160. The number of carbonyl (C=O) groups excluding carboxylic acids is 1. The van der Waals surface area contributed by atoms with Gasteiger partial charge in [-0.2, -0.15) is 5.10 Å². The highest BCUT2D eigenvalue weighted by Crippen LogP contribution is 2.19. The lowest BCUT2D eigenvalue weighted by Crippen LogP contribution is -2.12. The van der Waals surface area contributed by atoms with E-state index in [2.05, 4.69) is 44.2 Å². The summed E-state index contributed by atoms with van der Waals surface area (Å²) in [5.41, 5.74) is 2.78. The molecule has 150 valence electrons. The van der Waals surface area contributed by atoms with E-state index in [-0.39, 0.29) is 5.91 Å². The first-order valence-electron chi connectivity index (χ1n) is 9.19. The van der Waals surface area contributed by atoms with Gasteiger partial charge in [-0.25, -0.2) is 4.68 Å². The summed E-state index contributed by atoms with van der Waals surface area (Å²) in [6, 6.07) is 7.14. The second kappa shape index (κ2) is 10.1. The minimum atomic E-state index is -0.267. The molecule has 2 aromatic heterocycles. The molecule has 0 fully saturated rings. The maximum atomic E-state index is 12.7. The standard InChI is InChI=1S/C22H20N6OS/c1-4-20-26-27-22(30-20)25-21(29)18-10-11-19(28-14-6-13-24-28)17(15-18)9-8-16(2)7-5-12-23-3/h5-7,10-15H,3-4H2,1-2H3,(H,25,27,29)/b12-5-,16-7+. The van der Waals surface area contributed by atoms with Crippen molar-refractivity contribution in [2.75, 3.05) is 5.32 Å². The van der Waals surface area contributed by atoms with Crippen molar-refractivity contribution in [2.45, 2.75) is 20.3 Å². The van der Waals surface area contributed by atoms with Crippen molar-refractivity contribution in [3.63, 3.8) is 0 Å². The number of rotatable bonds is 6. The van der Waals surface area contributed by atoms with E-state index in [1.807, 2.05) is 38.3 Å². The van der Waals surface area contributed by atoms with Crippen LogP contribution >= 0.6 is 11.3 Å². The fourth-order valence-electron chi connectivity index (χ4n) is 2.46. The van der Waals surface area contributed by atoms with E-state index in [1.165, 1.54) is 11.3 Å². The second-order valence-corrected chi connectivity index (χ2v) is 7.18. The van der Waals surface area contributed by atoms with Crippen LogP contribution in [0.4, 0.5) is 5.13 Å². The average molecular weight is 417 g/mol. The van der Waals surface area contributed by atoms with Gasteiger partial charge in [0.15, 0.2) is 0 Å². The van der Waals surface area contributed by atoms with Crippen LogP contribution in [0.2, 0.25) is 0 Å². The van der Waals surface area contributed by atoms with E-state index in [4.69, 9.17) is 0 Å². The highest BCUT2D eigenvalue weighted by molar-refractivity contribution is 7.15. The SMILES string of the molecule is C=N/C=C\C=C(/C)C#Cc1cc(C(=O)Nc2nnc(CC)s2)ccc1-n1cccn1. The molecule has 3 aromatic rings. The van der Waals surface area contributed by atoms with Crippen molar-refractivity contribution in [3.8, 4) is 17.5 Å². The molecule has 7 nitrogen and oxygen atoms in total. The van der Waals surface area contributed by atoms with Gasteiger partial charge in [0.05, 0.1) is 11.3 Å². The molecular weight excluding hydrogens is 396 g/mol. The lowest BCUT2D eigenvalue weighted by Gasteiger charge is -2.08. The van der Waals surface area contributed by atoms with Gasteiger partial charge < -0.3 is 0 Å². The molecule has 0 spiro atoms. The fourth-order valence-corrected chi connectivity index (χ4v) is 3.14. The van der Waals surface area contributed by atoms with Gasteiger partial charge in [0.2, 0.25) is 5.13 Å². The number of aromatic nitrogens is 4. The van der Waals surface area contributed by atoms with Crippen LogP contribution in [0.5, 0.6) is 0 Å². The Morgan fingerprint density at radius 2 is 2.27 bits per heavy atom. The van der Waals surface area contributed by atoms with Crippen LogP contribution in [0.15, 0.2) is 65.6 Å². The number of amides is 1. The number of allylic oxidation sites excluding steroid dienone is 3. The van der Waals surface area contributed by atoms with Crippen LogP contribution in [0.25, 0.3) is 5.69 Å². The zero-order valence-corrected chi connectivity index (χ0v) is 17.5. The lowest BCUT2D eigenvalue weighted by molar-refractivity contribution is 0.102. The summed E-state index contributed by atoms with van der Waals surface area (Å²) in [6.45, 7) is 7.28. The third-order valence-corrected chi connectivity index (χ3v) is 4.91. The number of carbonyl (C=O) groups is 1. The Balaban J connectivity index is 1.92. The minimum Gasteiger partial charge on any atom is -0.296 e. The van der Waals surface area contributed by atoms with E-state index in [9.17, 15) is 4.79 Å². The Hall–Kier alpha value is -3.83. The topological polar surface area (TPSA) is 85.1 Å². The Labute approximate surface area is 178 Å². The molecule has 1 aromatic carbocycles. The third kappa shape index (κ3) is 5.37. The molecule has 0 atom stereocenters. The zero-order valence-electron chi connectivity index (χ0n) is 16.7. The van der Waals surface area contributed by atoms with Crippen LogP contribution in [-0.2, 0) is 6.42 Å². The number of hydrogen-bond acceptors (Lipinski definition) is 6. The number of aliphatic imine (C=N–C) groups is 1. The van der Waals surface area contributed by atoms with Crippen LogP contribution in [0.1, 0.15) is 34.8 Å². The van der Waals surface area contributed by atoms with E-state index in [1.54, 1.807) is 35.3 Å². The molecule has 0 saturated carbocycles. The van der Waals surface area contributed by atoms with Gasteiger partial charge in [-0.15, -0.1) is 10.2 Å². The summed E-state index contributed by atoms with van der Waals surface area (Å²) < 4.78 is 1.71. The number of aryl methyl sites for hydroxylation is 1. The predicted octanol–water partition coefficient (Wildman–Crippen LogP) is 4.05. The number of nitrogens with one attached hydrogen (secondary N) is 1.